The molecule has 0 fully saturated rings. The van der Waals surface area contributed by atoms with E-state index in [1.165, 1.54) is 0 Å². The maximum Gasteiger partial charge on any atom is 0.322 e. The molecule has 0 radical (unpaired) electrons. The summed E-state index contributed by atoms with van der Waals surface area (Å²) in [7, 11) is 0. The quantitative estimate of drug-likeness (QED) is 0.497. The molecule has 0 aromatic carbocycles. The molecule has 0 rings (SSSR count). The molecule has 4 nitrogen and oxygen atoms in total. The van der Waals surface area contributed by atoms with Crippen LogP contribution in [-0.4, -0.2) is 24.2 Å². The number of rotatable bonds is 5. The number of aliphatic carboxylic acids is 1. The second-order valence-electron chi connectivity index (χ2n) is 1.67. The standard InChI is InChI=1S/C6H12N2O2/c1-2-7-3-4-8-5-6(9)10/h3-4,7-8H,2,5H2,1H3,(H,9,10). The van der Waals surface area contributed by atoms with Crippen LogP contribution in [0, 0.1) is 0 Å². The van der Waals surface area contributed by atoms with Crippen LogP contribution in [0.15, 0.2) is 12.4 Å². The van der Waals surface area contributed by atoms with E-state index in [4.69, 9.17) is 5.11 Å². The fraction of sp³-hybridized carbons (Fsp3) is 0.500. The average molecular weight is 144 g/mol. The molecule has 0 amide bonds. The van der Waals surface area contributed by atoms with Crippen LogP contribution in [0.2, 0.25) is 0 Å². The topological polar surface area (TPSA) is 61.4 Å². The normalized spacial score (nSPS) is 9.70. The van der Waals surface area contributed by atoms with Gasteiger partial charge in [0.1, 0.15) is 6.54 Å². The summed E-state index contributed by atoms with van der Waals surface area (Å²) in [6, 6.07) is 0. The third-order valence-corrected chi connectivity index (χ3v) is 0.776. The Kier molecular flexibility index (Phi) is 5.23. The molecule has 0 aromatic rings. The first-order chi connectivity index (χ1) is 4.77. The smallest absolute Gasteiger partial charge is 0.322 e. The highest BCUT2D eigenvalue weighted by atomic mass is 16.4. The van der Waals surface area contributed by atoms with Crippen LogP contribution in [0.3, 0.4) is 0 Å². The van der Waals surface area contributed by atoms with Gasteiger partial charge < -0.3 is 15.7 Å². The van der Waals surface area contributed by atoms with Crippen LogP contribution < -0.4 is 10.6 Å². The Labute approximate surface area is 59.9 Å². The number of carboxylic acids is 1. The summed E-state index contributed by atoms with van der Waals surface area (Å²) >= 11 is 0. The summed E-state index contributed by atoms with van der Waals surface area (Å²) in [4.78, 5) is 9.92. The van der Waals surface area contributed by atoms with Crippen LogP contribution in [0.25, 0.3) is 0 Å². The fourth-order valence-corrected chi connectivity index (χ4v) is 0.382. The van der Waals surface area contributed by atoms with Crippen molar-refractivity contribution in [2.75, 3.05) is 13.1 Å². The van der Waals surface area contributed by atoms with Gasteiger partial charge in [-0.05, 0) is 6.92 Å². The highest BCUT2D eigenvalue weighted by Crippen LogP contribution is 1.62. The van der Waals surface area contributed by atoms with E-state index in [1.54, 1.807) is 12.4 Å². The Balaban J connectivity index is 3.10. The second kappa shape index (κ2) is 5.94. The zero-order valence-corrected chi connectivity index (χ0v) is 5.92. The van der Waals surface area contributed by atoms with Crippen LogP contribution in [0.1, 0.15) is 6.92 Å². The SMILES string of the molecule is CCNC=CNCC(=O)O. The van der Waals surface area contributed by atoms with Crippen LogP contribution in [-0.2, 0) is 4.79 Å². The Bertz CT molecular complexity index is 123. The Morgan fingerprint density at radius 3 is 2.60 bits per heavy atom. The lowest BCUT2D eigenvalue weighted by Gasteiger charge is -1.94. The first-order valence-corrected chi connectivity index (χ1v) is 3.11. The van der Waals surface area contributed by atoms with Gasteiger partial charge in [-0.3, -0.25) is 4.79 Å². The van der Waals surface area contributed by atoms with Crippen molar-refractivity contribution in [1.29, 1.82) is 0 Å². The van der Waals surface area contributed by atoms with E-state index in [-0.39, 0.29) is 6.54 Å². The maximum absolute atomic E-state index is 9.92. The molecule has 3 N–H and O–H groups in total. The lowest BCUT2D eigenvalue weighted by molar-refractivity contribution is -0.135. The molecule has 0 aromatic heterocycles. The van der Waals surface area contributed by atoms with E-state index >= 15 is 0 Å². The molecule has 0 saturated heterocycles. The number of nitrogens with one attached hydrogen (secondary N) is 2. The number of hydrogen-bond acceptors (Lipinski definition) is 3. The molecule has 0 aliphatic heterocycles. The van der Waals surface area contributed by atoms with Crippen molar-refractivity contribution < 1.29 is 9.90 Å². The zero-order valence-electron chi connectivity index (χ0n) is 5.92. The van der Waals surface area contributed by atoms with E-state index in [0.717, 1.165) is 6.54 Å². The van der Waals surface area contributed by atoms with Gasteiger partial charge in [0.15, 0.2) is 0 Å². The Morgan fingerprint density at radius 1 is 1.50 bits per heavy atom. The molecule has 0 saturated carbocycles. The molecule has 0 atom stereocenters. The van der Waals surface area contributed by atoms with Crippen molar-refractivity contribution in [2.24, 2.45) is 0 Å². The van der Waals surface area contributed by atoms with Gasteiger partial charge in [-0.15, -0.1) is 0 Å². The average Bonchev–Trinajstić information content (AvgIpc) is 1.87. The maximum atomic E-state index is 9.92. The largest absolute Gasteiger partial charge is 0.480 e. The van der Waals surface area contributed by atoms with Crippen molar-refractivity contribution in [2.45, 2.75) is 6.92 Å². The van der Waals surface area contributed by atoms with Gasteiger partial charge in [-0.2, -0.15) is 0 Å². The number of carbonyl (C=O) groups is 1. The van der Waals surface area contributed by atoms with Crippen LogP contribution in [0.4, 0.5) is 0 Å². The number of hydrogen-bond donors (Lipinski definition) is 3. The van der Waals surface area contributed by atoms with Crippen molar-refractivity contribution in [3.63, 3.8) is 0 Å². The zero-order chi connectivity index (χ0) is 7.82. The van der Waals surface area contributed by atoms with Gasteiger partial charge in [0.25, 0.3) is 0 Å². The van der Waals surface area contributed by atoms with Crippen molar-refractivity contribution >= 4 is 5.97 Å². The fourth-order valence-electron chi connectivity index (χ4n) is 0.382. The van der Waals surface area contributed by atoms with Gasteiger partial charge in [0.05, 0.1) is 0 Å². The molecule has 0 spiro atoms. The lowest BCUT2D eigenvalue weighted by atomic mass is 10.6. The molecular formula is C6H12N2O2. The van der Waals surface area contributed by atoms with Gasteiger partial charge in [-0.1, -0.05) is 0 Å². The molecule has 0 bridgehead atoms. The molecule has 0 aliphatic rings. The minimum atomic E-state index is -0.860. The summed E-state index contributed by atoms with van der Waals surface area (Å²) in [5, 5.41) is 13.6. The Morgan fingerprint density at radius 2 is 2.10 bits per heavy atom. The molecule has 58 valence electrons. The van der Waals surface area contributed by atoms with Crippen molar-refractivity contribution in [1.82, 2.24) is 10.6 Å². The summed E-state index contributed by atoms with van der Waals surface area (Å²) < 4.78 is 0. The Hall–Kier alpha value is -1.19. The van der Waals surface area contributed by atoms with Gasteiger partial charge in [-0.25, -0.2) is 0 Å². The lowest BCUT2D eigenvalue weighted by Crippen LogP contribution is -2.17. The van der Waals surface area contributed by atoms with E-state index in [0.29, 0.717) is 0 Å². The first kappa shape index (κ1) is 8.81. The summed E-state index contributed by atoms with van der Waals surface area (Å²) in [6.45, 7) is 2.76. The van der Waals surface area contributed by atoms with Crippen LogP contribution in [0.5, 0.6) is 0 Å². The van der Waals surface area contributed by atoms with E-state index in [2.05, 4.69) is 10.6 Å². The third kappa shape index (κ3) is 6.81. The van der Waals surface area contributed by atoms with Gasteiger partial charge in [0.2, 0.25) is 0 Å². The molecule has 0 aliphatic carbocycles. The van der Waals surface area contributed by atoms with Gasteiger partial charge >= 0.3 is 5.97 Å². The molecule has 4 heteroatoms. The van der Waals surface area contributed by atoms with Crippen LogP contribution >= 0.6 is 0 Å². The van der Waals surface area contributed by atoms with Crippen molar-refractivity contribution in [3.8, 4) is 0 Å². The monoisotopic (exact) mass is 144 g/mol. The first-order valence-electron chi connectivity index (χ1n) is 3.11. The van der Waals surface area contributed by atoms with E-state index in [1.807, 2.05) is 6.92 Å². The predicted octanol–water partition coefficient (Wildman–Crippen LogP) is -0.259. The predicted molar refractivity (Wildman–Crippen MR) is 38.5 cm³/mol. The van der Waals surface area contributed by atoms with Crippen molar-refractivity contribution in [3.05, 3.63) is 12.4 Å². The third-order valence-electron chi connectivity index (χ3n) is 0.776. The number of carboxylic acid groups (broad SMARTS) is 1. The van der Waals surface area contributed by atoms with E-state index < -0.39 is 5.97 Å². The molecule has 10 heavy (non-hydrogen) atoms. The highest BCUT2D eigenvalue weighted by molar-refractivity contribution is 5.69. The minimum absolute atomic E-state index is 0.0398. The molecule has 0 unspecified atom stereocenters. The highest BCUT2D eigenvalue weighted by Gasteiger charge is 1.88. The minimum Gasteiger partial charge on any atom is -0.480 e. The summed E-state index contributed by atoms with van der Waals surface area (Å²) in [6.07, 6.45) is 3.24. The summed E-state index contributed by atoms with van der Waals surface area (Å²) in [5.74, 6) is -0.860. The summed E-state index contributed by atoms with van der Waals surface area (Å²) in [5.41, 5.74) is 0. The molecule has 0 heterocycles. The van der Waals surface area contributed by atoms with Gasteiger partial charge in [0, 0.05) is 18.9 Å². The second-order valence-corrected chi connectivity index (χ2v) is 1.67. The molecular weight excluding hydrogens is 132 g/mol. The van der Waals surface area contributed by atoms with E-state index in [9.17, 15) is 4.79 Å².